The van der Waals surface area contributed by atoms with Crippen molar-refractivity contribution in [1.29, 1.82) is 0 Å². The topological polar surface area (TPSA) is 70.7 Å². The summed E-state index contributed by atoms with van der Waals surface area (Å²) >= 11 is 1.35. The molecule has 28 heavy (non-hydrogen) atoms. The smallest absolute Gasteiger partial charge is 0.261 e. The Labute approximate surface area is 169 Å². The Hall–Kier alpha value is -2.22. The Bertz CT molecular complexity index is 799. The van der Waals surface area contributed by atoms with E-state index in [1.807, 2.05) is 35.7 Å². The number of morpholine rings is 1. The SMILES string of the molecule is CC1CN(Cc2ccccc2NC(=O)C(C)NC(=O)c2cccs2)CC(C)O1. The predicted molar refractivity (Wildman–Crippen MR) is 112 cm³/mol. The van der Waals surface area contributed by atoms with Crippen molar-refractivity contribution in [3.05, 3.63) is 52.2 Å². The molecular formula is C21H27N3O3S. The second-order valence-electron chi connectivity index (χ2n) is 7.27. The van der Waals surface area contributed by atoms with Crippen molar-refractivity contribution < 1.29 is 14.3 Å². The van der Waals surface area contributed by atoms with E-state index in [-0.39, 0.29) is 24.0 Å². The van der Waals surface area contributed by atoms with Gasteiger partial charge in [0.15, 0.2) is 0 Å². The van der Waals surface area contributed by atoms with E-state index in [9.17, 15) is 9.59 Å². The first-order valence-electron chi connectivity index (χ1n) is 9.53. The maximum Gasteiger partial charge on any atom is 0.261 e. The van der Waals surface area contributed by atoms with E-state index in [1.54, 1.807) is 13.0 Å². The lowest BCUT2D eigenvalue weighted by atomic mass is 10.1. The number of amides is 2. The lowest BCUT2D eigenvalue weighted by molar-refractivity contribution is -0.117. The Morgan fingerprint density at radius 3 is 2.57 bits per heavy atom. The summed E-state index contributed by atoms with van der Waals surface area (Å²) in [4.78, 5) is 27.7. The molecule has 1 aromatic carbocycles. The van der Waals surface area contributed by atoms with Crippen molar-refractivity contribution in [1.82, 2.24) is 10.2 Å². The van der Waals surface area contributed by atoms with Gasteiger partial charge >= 0.3 is 0 Å². The van der Waals surface area contributed by atoms with Crippen molar-refractivity contribution >= 4 is 28.8 Å². The van der Waals surface area contributed by atoms with Gasteiger partial charge in [-0.2, -0.15) is 0 Å². The average Bonchev–Trinajstić information content (AvgIpc) is 3.17. The van der Waals surface area contributed by atoms with Crippen LogP contribution in [0, 0.1) is 0 Å². The van der Waals surface area contributed by atoms with Crippen LogP contribution in [-0.4, -0.2) is 48.1 Å². The summed E-state index contributed by atoms with van der Waals surface area (Å²) in [6.07, 6.45) is 0.385. The molecule has 1 saturated heterocycles. The molecule has 2 aromatic rings. The van der Waals surface area contributed by atoms with Gasteiger partial charge in [-0.25, -0.2) is 0 Å². The fourth-order valence-corrected chi connectivity index (χ4v) is 4.04. The van der Waals surface area contributed by atoms with E-state index in [0.29, 0.717) is 4.88 Å². The number of rotatable bonds is 6. The fourth-order valence-electron chi connectivity index (χ4n) is 3.42. The summed E-state index contributed by atoms with van der Waals surface area (Å²) in [6, 6.07) is 10.7. The summed E-state index contributed by atoms with van der Waals surface area (Å²) in [6.45, 7) is 8.31. The number of nitrogens with zero attached hydrogens (tertiary/aromatic N) is 1. The van der Waals surface area contributed by atoms with Crippen LogP contribution >= 0.6 is 11.3 Å². The van der Waals surface area contributed by atoms with Gasteiger partial charge < -0.3 is 15.4 Å². The quantitative estimate of drug-likeness (QED) is 0.780. The second kappa shape index (κ2) is 9.32. The van der Waals surface area contributed by atoms with Crippen LogP contribution in [0.4, 0.5) is 5.69 Å². The molecule has 0 radical (unpaired) electrons. The van der Waals surface area contributed by atoms with Gasteiger partial charge in [0.2, 0.25) is 5.91 Å². The molecule has 0 spiro atoms. The van der Waals surface area contributed by atoms with Crippen LogP contribution in [0.2, 0.25) is 0 Å². The number of anilines is 1. The maximum atomic E-state index is 12.6. The zero-order chi connectivity index (χ0) is 20.1. The summed E-state index contributed by atoms with van der Waals surface area (Å²) in [7, 11) is 0. The van der Waals surface area contributed by atoms with Crippen LogP contribution in [0.3, 0.4) is 0 Å². The first-order valence-corrected chi connectivity index (χ1v) is 10.4. The molecule has 3 rings (SSSR count). The van der Waals surface area contributed by atoms with Gasteiger partial charge in [-0.3, -0.25) is 14.5 Å². The van der Waals surface area contributed by atoms with E-state index < -0.39 is 6.04 Å². The summed E-state index contributed by atoms with van der Waals surface area (Å²) in [5.74, 6) is -0.469. The molecule has 3 unspecified atom stereocenters. The van der Waals surface area contributed by atoms with Gasteiger partial charge in [-0.1, -0.05) is 24.3 Å². The third-order valence-electron chi connectivity index (χ3n) is 4.65. The van der Waals surface area contributed by atoms with Crippen LogP contribution in [0.5, 0.6) is 0 Å². The van der Waals surface area contributed by atoms with Crippen molar-refractivity contribution in [3.8, 4) is 0 Å². The molecule has 2 amide bonds. The monoisotopic (exact) mass is 401 g/mol. The number of benzene rings is 1. The molecule has 2 heterocycles. The third kappa shape index (κ3) is 5.41. The molecule has 1 fully saturated rings. The van der Waals surface area contributed by atoms with Crippen molar-refractivity contribution in [2.45, 2.75) is 45.6 Å². The molecule has 1 aromatic heterocycles. The Morgan fingerprint density at radius 2 is 1.89 bits per heavy atom. The number of hydrogen-bond donors (Lipinski definition) is 2. The molecule has 6 nitrogen and oxygen atoms in total. The zero-order valence-electron chi connectivity index (χ0n) is 16.5. The molecule has 0 aliphatic carbocycles. The van der Waals surface area contributed by atoms with Crippen LogP contribution in [0.15, 0.2) is 41.8 Å². The van der Waals surface area contributed by atoms with Crippen molar-refractivity contribution in [2.24, 2.45) is 0 Å². The number of ether oxygens (including phenoxy) is 1. The molecule has 1 aliphatic rings. The molecule has 3 atom stereocenters. The van der Waals surface area contributed by atoms with Gasteiger partial charge in [0, 0.05) is 25.3 Å². The van der Waals surface area contributed by atoms with Gasteiger partial charge in [0.25, 0.3) is 5.91 Å². The predicted octanol–water partition coefficient (Wildman–Crippen LogP) is 3.11. The minimum atomic E-state index is -0.633. The molecule has 150 valence electrons. The van der Waals surface area contributed by atoms with E-state index in [0.717, 1.165) is 30.9 Å². The number of carbonyl (C=O) groups is 2. The number of carbonyl (C=O) groups excluding carboxylic acids is 2. The largest absolute Gasteiger partial charge is 0.373 e. The highest BCUT2D eigenvalue weighted by atomic mass is 32.1. The van der Waals surface area contributed by atoms with Gasteiger partial charge in [0.1, 0.15) is 6.04 Å². The molecule has 0 bridgehead atoms. The average molecular weight is 402 g/mol. The summed E-state index contributed by atoms with van der Waals surface area (Å²) in [5, 5.41) is 7.55. The Morgan fingerprint density at radius 1 is 1.18 bits per heavy atom. The van der Waals surface area contributed by atoms with E-state index in [1.165, 1.54) is 11.3 Å². The van der Waals surface area contributed by atoms with Crippen LogP contribution in [0.25, 0.3) is 0 Å². The number of nitrogens with one attached hydrogen (secondary N) is 2. The number of hydrogen-bond acceptors (Lipinski definition) is 5. The molecule has 0 saturated carbocycles. The zero-order valence-corrected chi connectivity index (χ0v) is 17.3. The highest BCUT2D eigenvalue weighted by molar-refractivity contribution is 7.12. The minimum absolute atomic E-state index is 0.193. The fraction of sp³-hybridized carbons (Fsp3) is 0.429. The summed E-state index contributed by atoms with van der Waals surface area (Å²) < 4.78 is 5.80. The molecule has 2 N–H and O–H groups in total. The Kier molecular flexibility index (Phi) is 6.83. The lowest BCUT2D eigenvalue weighted by Gasteiger charge is -2.35. The highest BCUT2D eigenvalue weighted by Gasteiger charge is 2.23. The van der Waals surface area contributed by atoms with Crippen LogP contribution in [0.1, 0.15) is 36.0 Å². The van der Waals surface area contributed by atoms with Gasteiger partial charge in [-0.05, 0) is 43.8 Å². The number of para-hydroxylation sites is 1. The van der Waals surface area contributed by atoms with Crippen molar-refractivity contribution in [3.63, 3.8) is 0 Å². The minimum Gasteiger partial charge on any atom is -0.373 e. The molecular weight excluding hydrogens is 374 g/mol. The Balaban J connectivity index is 1.62. The van der Waals surface area contributed by atoms with E-state index in [4.69, 9.17) is 4.74 Å². The van der Waals surface area contributed by atoms with Gasteiger partial charge in [0.05, 0.1) is 17.1 Å². The number of thiophene rings is 1. The van der Waals surface area contributed by atoms with E-state index in [2.05, 4.69) is 29.4 Å². The second-order valence-corrected chi connectivity index (χ2v) is 8.22. The lowest BCUT2D eigenvalue weighted by Crippen LogP contribution is -2.45. The van der Waals surface area contributed by atoms with Crippen LogP contribution < -0.4 is 10.6 Å². The third-order valence-corrected chi connectivity index (χ3v) is 5.52. The van der Waals surface area contributed by atoms with Crippen LogP contribution in [-0.2, 0) is 16.1 Å². The normalized spacial score (nSPS) is 21.1. The van der Waals surface area contributed by atoms with Gasteiger partial charge in [-0.15, -0.1) is 11.3 Å². The van der Waals surface area contributed by atoms with E-state index >= 15 is 0 Å². The molecule has 7 heteroatoms. The molecule has 1 aliphatic heterocycles. The standard InChI is InChI=1S/C21H27N3O3S/c1-14-11-24(12-15(2)27-14)13-17-7-4-5-8-18(17)23-20(25)16(3)22-21(26)19-9-6-10-28-19/h4-10,14-16H,11-13H2,1-3H3,(H,22,26)(H,23,25). The first-order chi connectivity index (χ1) is 13.4. The summed E-state index contributed by atoms with van der Waals surface area (Å²) in [5.41, 5.74) is 1.82. The first kappa shape index (κ1) is 20.5. The van der Waals surface area contributed by atoms with Crippen molar-refractivity contribution in [2.75, 3.05) is 18.4 Å². The highest BCUT2D eigenvalue weighted by Crippen LogP contribution is 2.20. The maximum absolute atomic E-state index is 12.6.